The minimum atomic E-state index is 0.736. The highest BCUT2D eigenvalue weighted by Crippen LogP contribution is 2.15. The van der Waals surface area contributed by atoms with Crippen LogP contribution >= 0.6 is 0 Å². The highest BCUT2D eigenvalue weighted by atomic mass is 15.2. The van der Waals surface area contributed by atoms with Crippen molar-refractivity contribution in [3.8, 4) is 0 Å². The molecule has 3 heteroatoms. The largest absolute Gasteiger partial charge is 0.352 e. The quantitative estimate of drug-likeness (QED) is 0.859. The topological polar surface area (TPSA) is 20.2 Å². The molecule has 0 spiro atoms. The predicted octanol–water partition coefficient (Wildman–Crippen LogP) is 1.83. The third kappa shape index (κ3) is 2.72. The van der Waals surface area contributed by atoms with Crippen LogP contribution in [0.25, 0.3) is 0 Å². The maximum atomic E-state index is 3.60. The van der Waals surface area contributed by atoms with E-state index in [-0.39, 0.29) is 0 Å². The Morgan fingerprint density at radius 1 is 1.35 bits per heavy atom. The Hall–Kier alpha value is -0.800. The van der Waals surface area contributed by atoms with Gasteiger partial charge in [0.25, 0.3) is 0 Å². The van der Waals surface area contributed by atoms with Gasteiger partial charge in [0, 0.05) is 37.6 Å². The van der Waals surface area contributed by atoms with Gasteiger partial charge in [-0.2, -0.15) is 0 Å². The number of likely N-dealkylation sites (N-methyl/N-ethyl adjacent to an activating group) is 1. The summed E-state index contributed by atoms with van der Waals surface area (Å²) in [5.41, 5.74) is 4.16. The van der Waals surface area contributed by atoms with Gasteiger partial charge >= 0.3 is 0 Å². The summed E-state index contributed by atoms with van der Waals surface area (Å²) < 4.78 is 2.26. The van der Waals surface area contributed by atoms with Crippen molar-refractivity contribution < 1.29 is 0 Å². The summed E-state index contributed by atoms with van der Waals surface area (Å²) in [5, 5.41) is 3.60. The van der Waals surface area contributed by atoms with E-state index in [0.29, 0.717) is 0 Å². The van der Waals surface area contributed by atoms with Crippen LogP contribution in [-0.2, 0) is 13.6 Å². The average molecular weight is 235 g/mol. The second-order valence-corrected chi connectivity index (χ2v) is 5.36. The zero-order valence-corrected chi connectivity index (χ0v) is 11.6. The monoisotopic (exact) mass is 235 g/mol. The fourth-order valence-electron chi connectivity index (χ4n) is 2.72. The van der Waals surface area contributed by atoms with Crippen molar-refractivity contribution in [2.45, 2.75) is 39.3 Å². The van der Waals surface area contributed by atoms with E-state index in [2.05, 4.69) is 48.8 Å². The minimum Gasteiger partial charge on any atom is -0.352 e. The lowest BCUT2D eigenvalue weighted by atomic mass is 10.2. The smallest absolute Gasteiger partial charge is 0.0224 e. The molecule has 0 radical (unpaired) electrons. The van der Waals surface area contributed by atoms with Gasteiger partial charge in [-0.1, -0.05) is 0 Å². The van der Waals surface area contributed by atoms with E-state index < -0.39 is 0 Å². The van der Waals surface area contributed by atoms with Crippen LogP contribution in [-0.4, -0.2) is 35.6 Å². The number of hydrogen-bond donors (Lipinski definition) is 1. The van der Waals surface area contributed by atoms with Gasteiger partial charge in [-0.05, 0) is 51.9 Å². The molecular weight excluding hydrogens is 210 g/mol. The molecule has 0 aromatic carbocycles. The molecule has 2 rings (SSSR count). The maximum Gasteiger partial charge on any atom is 0.0224 e. The third-order valence-electron chi connectivity index (χ3n) is 4.25. The standard InChI is InChI=1S/C14H25N3/c1-11-8-13(12(2)17(11)4)9-15-10-14-6-5-7-16(14)3/h8,14-15H,5-7,9-10H2,1-4H3. The number of aryl methyl sites for hydroxylation is 1. The van der Waals surface area contributed by atoms with Gasteiger partial charge in [-0.15, -0.1) is 0 Å². The van der Waals surface area contributed by atoms with E-state index in [0.717, 1.165) is 19.1 Å². The van der Waals surface area contributed by atoms with Gasteiger partial charge < -0.3 is 14.8 Å². The molecule has 1 atom stereocenters. The fourth-order valence-corrected chi connectivity index (χ4v) is 2.72. The number of likely N-dealkylation sites (tertiary alicyclic amines) is 1. The molecule has 1 aromatic rings. The Labute approximate surface area is 105 Å². The van der Waals surface area contributed by atoms with Crippen molar-refractivity contribution >= 4 is 0 Å². The molecule has 0 aliphatic carbocycles. The van der Waals surface area contributed by atoms with Crippen LogP contribution < -0.4 is 5.32 Å². The van der Waals surface area contributed by atoms with Crippen LogP contribution in [0, 0.1) is 13.8 Å². The molecule has 3 nitrogen and oxygen atoms in total. The normalized spacial score (nSPS) is 21.3. The highest BCUT2D eigenvalue weighted by molar-refractivity contribution is 5.26. The summed E-state index contributed by atoms with van der Waals surface area (Å²) in [7, 11) is 4.37. The van der Waals surface area contributed by atoms with Crippen molar-refractivity contribution in [1.29, 1.82) is 0 Å². The first kappa shape index (κ1) is 12.7. The Kier molecular flexibility index (Phi) is 3.89. The molecule has 1 aliphatic heterocycles. The highest BCUT2D eigenvalue weighted by Gasteiger charge is 2.20. The van der Waals surface area contributed by atoms with E-state index in [4.69, 9.17) is 0 Å². The zero-order valence-electron chi connectivity index (χ0n) is 11.6. The first-order valence-electron chi connectivity index (χ1n) is 6.62. The average Bonchev–Trinajstić information content (AvgIpc) is 2.80. The van der Waals surface area contributed by atoms with Crippen molar-refractivity contribution in [2.24, 2.45) is 7.05 Å². The van der Waals surface area contributed by atoms with E-state index in [1.165, 1.54) is 36.3 Å². The Bertz CT molecular complexity index is 381. The van der Waals surface area contributed by atoms with Gasteiger partial charge in [0.2, 0.25) is 0 Å². The lowest BCUT2D eigenvalue weighted by molar-refractivity contribution is 0.300. The SMILES string of the molecule is Cc1cc(CNCC2CCCN2C)c(C)n1C. The van der Waals surface area contributed by atoms with Crippen molar-refractivity contribution in [3.63, 3.8) is 0 Å². The molecule has 1 N–H and O–H groups in total. The molecule has 0 bridgehead atoms. The molecule has 17 heavy (non-hydrogen) atoms. The summed E-state index contributed by atoms with van der Waals surface area (Å²) in [6, 6.07) is 3.03. The fraction of sp³-hybridized carbons (Fsp3) is 0.714. The van der Waals surface area contributed by atoms with Gasteiger partial charge in [0.05, 0.1) is 0 Å². The van der Waals surface area contributed by atoms with Crippen molar-refractivity contribution in [3.05, 3.63) is 23.0 Å². The lowest BCUT2D eigenvalue weighted by Crippen LogP contribution is -2.35. The van der Waals surface area contributed by atoms with Crippen LogP contribution in [0.1, 0.15) is 29.8 Å². The van der Waals surface area contributed by atoms with Gasteiger partial charge in [-0.3, -0.25) is 0 Å². The Morgan fingerprint density at radius 3 is 2.65 bits per heavy atom. The molecule has 0 saturated carbocycles. The maximum absolute atomic E-state index is 3.60. The van der Waals surface area contributed by atoms with E-state index in [1.54, 1.807) is 0 Å². The number of rotatable bonds is 4. The van der Waals surface area contributed by atoms with Gasteiger partial charge in [-0.25, -0.2) is 0 Å². The molecule has 1 aliphatic rings. The van der Waals surface area contributed by atoms with Crippen molar-refractivity contribution in [2.75, 3.05) is 20.1 Å². The molecule has 2 heterocycles. The second kappa shape index (κ2) is 5.23. The summed E-state index contributed by atoms with van der Waals surface area (Å²) in [6.07, 6.45) is 2.70. The third-order valence-corrected chi connectivity index (χ3v) is 4.25. The molecule has 96 valence electrons. The zero-order chi connectivity index (χ0) is 12.4. The van der Waals surface area contributed by atoms with Crippen LogP contribution in [0.5, 0.6) is 0 Å². The first-order chi connectivity index (χ1) is 8.09. The molecule has 1 saturated heterocycles. The molecule has 0 amide bonds. The Morgan fingerprint density at radius 2 is 2.12 bits per heavy atom. The molecule has 1 fully saturated rings. The predicted molar refractivity (Wildman–Crippen MR) is 72.2 cm³/mol. The number of nitrogens with zero attached hydrogens (tertiary/aromatic N) is 2. The van der Waals surface area contributed by atoms with E-state index in [9.17, 15) is 0 Å². The van der Waals surface area contributed by atoms with Crippen LogP contribution in [0.4, 0.5) is 0 Å². The summed E-state index contributed by atoms with van der Waals surface area (Å²) in [4.78, 5) is 2.47. The van der Waals surface area contributed by atoms with Gasteiger partial charge in [0.15, 0.2) is 0 Å². The first-order valence-corrected chi connectivity index (χ1v) is 6.62. The summed E-state index contributed by atoms with van der Waals surface area (Å²) >= 11 is 0. The molecular formula is C14H25N3. The van der Waals surface area contributed by atoms with Gasteiger partial charge in [0.1, 0.15) is 0 Å². The summed E-state index contributed by atoms with van der Waals surface area (Å²) in [6.45, 7) is 7.74. The van der Waals surface area contributed by atoms with Crippen molar-refractivity contribution in [1.82, 2.24) is 14.8 Å². The van der Waals surface area contributed by atoms with Crippen LogP contribution in [0.2, 0.25) is 0 Å². The molecule has 1 aromatic heterocycles. The van der Waals surface area contributed by atoms with Crippen LogP contribution in [0.3, 0.4) is 0 Å². The number of hydrogen-bond acceptors (Lipinski definition) is 2. The lowest BCUT2D eigenvalue weighted by Gasteiger charge is -2.19. The minimum absolute atomic E-state index is 0.736. The second-order valence-electron chi connectivity index (χ2n) is 5.36. The number of aromatic nitrogens is 1. The van der Waals surface area contributed by atoms with E-state index >= 15 is 0 Å². The summed E-state index contributed by atoms with van der Waals surface area (Å²) in [5.74, 6) is 0. The Balaban J connectivity index is 1.83. The number of nitrogens with one attached hydrogen (secondary N) is 1. The van der Waals surface area contributed by atoms with E-state index in [1.807, 2.05) is 0 Å². The van der Waals surface area contributed by atoms with Crippen LogP contribution in [0.15, 0.2) is 6.07 Å². The molecule has 1 unspecified atom stereocenters.